The van der Waals surface area contributed by atoms with Gasteiger partial charge < -0.3 is 14.7 Å². The summed E-state index contributed by atoms with van der Waals surface area (Å²) in [6.45, 7) is 1.92. The van der Waals surface area contributed by atoms with Crippen molar-refractivity contribution in [3.63, 3.8) is 0 Å². The Hall–Kier alpha value is -2.33. The SMILES string of the molecule is CN(C)c1nccc(N(C)C2CCN(c3cc(Br)cc(C#N)c3)CC2)n1. The fourth-order valence-electron chi connectivity index (χ4n) is 3.27. The molecule has 0 radical (unpaired) electrons. The zero-order valence-electron chi connectivity index (χ0n) is 15.4. The van der Waals surface area contributed by atoms with E-state index in [2.05, 4.69) is 54.9 Å². The summed E-state index contributed by atoms with van der Waals surface area (Å²) in [5.41, 5.74) is 1.79. The third kappa shape index (κ3) is 4.07. The highest BCUT2D eigenvalue weighted by molar-refractivity contribution is 9.10. The number of nitrogens with zero attached hydrogens (tertiary/aromatic N) is 6. The molecule has 0 atom stereocenters. The fourth-order valence-corrected chi connectivity index (χ4v) is 3.75. The Morgan fingerprint density at radius 2 is 1.92 bits per heavy atom. The van der Waals surface area contributed by atoms with Crippen molar-refractivity contribution in [2.24, 2.45) is 0 Å². The molecule has 2 heterocycles. The molecule has 1 aliphatic rings. The molecule has 0 bridgehead atoms. The molecule has 0 spiro atoms. The van der Waals surface area contributed by atoms with Gasteiger partial charge in [-0.25, -0.2) is 4.98 Å². The highest BCUT2D eigenvalue weighted by Crippen LogP contribution is 2.28. The van der Waals surface area contributed by atoms with E-state index in [0.717, 1.165) is 47.9 Å². The maximum Gasteiger partial charge on any atom is 0.226 e. The van der Waals surface area contributed by atoms with Crippen molar-refractivity contribution in [3.8, 4) is 6.07 Å². The number of anilines is 3. The van der Waals surface area contributed by atoms with E-state index in [-0.39, 0.29) is 0 Å². The topological polar surface area (TPSA) is 59.3 Å². The van der Waals surface area contributed by atoms with E-state index in [1.165, 1.54) is 0 Å². The van der Waals surface area contributed by atoms with E-state index in [4.69, 9.17) is 0 Å². The molecule has 3 rings (SSSR count). The van der Waals surface area contributed by atoms with Crippen molar-refractivity contribution in [2.75, 3.05) is 48.9 Å². The van der Waals surface area contributed by atoms with E-state index >= 15 is 0 Å². The molecular weight excluding hydrogens is 392 g/mol. The molecule has 6 nitrogen and oxygen atoms in total. The average molecular weight is 415 g/mol. The first-order chi connectivity index (χ1) is 12.5. The Morgan fingerprint density at radius 1 is 1.19 bits per heavy atom. The summed E-state index contributed by atoms with van der Waals surface area (Å²) in [4.78, 5) is 15.5. The van der Waals surface area contributed by atoms with Crippen molar-refractivity contribution >= 4 is 33.4 Å². The second-order valence-corrected chi connectivity index (χ2v) is 7.66. The number of rotatable bonds is 4. The lowest BCUT2D eigenvalue weighted by Gasteiger charge is -2.38. The lowest BCUT2D eigenvalue weighted by atomic mass is 10.0. The third-order valence-electron chi connectivity index (χ3n) is 4.78. The first kappa shape index (κ1) is 18.5. The third-order valence-corrected chi connectivity index (χ3v) is 5.24. The standard InChI is InChI=1S/C19H23BrN6/c1-24(2)19-22-7-4-18(23-19)25(3)16-5-8-26(9-6-16)17-11-14(13-21)10-15(20)12-17/h4,7,10-12,16H,5-6,8-9H2,1-3H3. The lowest BCUT2D eigenvalue weighted by molar-refractivity contribution is 0.480. The van der Waals surface area contributed by atoms with Crippen LogP contribution in [-0.2, 0) is 0 Å². The lowest BCUT2D eigenvalue weighted by Crippen LogP contribution is -2.44. The molecule has 1 saturated heterocycles. The van der Waals surface area contributed by atoms with Crippen LogP contribution in [-0.4, -0.2) is 50.2 Å². The summed E-state index contributed by atoms with van der Waals surface area (Å²) in [5.74, 6) is 1.68. The summed E-state index contributed by atoms with van der Waals surface area (Å²) >= 11 is 3.50. The van der Waals surface area contributed by atoms with Crippen LogP contribution in [0.1, 0.15) is 18.4 Å². The van der Waals surface area contributed by atoms with Gasteiger partial charge in [-0.2, -0.15) is 10.2 Å². The van der Waals surface area contributed by atoms with Gasteiger partial charge in [0.15, 0.2) is 0 Å². The Morgan fingerprint density at radius 3 is 2.58 bits per heavy atom. The van der Waals surface area contributed by atoms with Crippen LogP contribution in [0.3, 0.4) is 0 Å². The number of aromatic nitrogens is 2. The van der Waals surface area contributed by atoms with Crippen LogP contribution in [0.5, 0.6) is 0 Å². The molecule has 0 aliphatic carbocycles. The van der Waals surface area contributed by atoms with E-state index in [1.54, 1.807) is 0 Å². The zero-order valence-corrected chi connectivity index (χ0v) is 16.9. The highest BCUT2D eigenvalue weighted by Gasteiger charge is 2.24. The monoisotopic (exact) mass is 414 g/mol. The number of hydrogen-bond donors (Lipinski definition) is 0. The van der Waals surface area contributed by atoms with Crippen LogP contribution >= 0.6 is 15.9 Å². The van der Waals surface area contributed by atoms with E-state index < -0.39 is 0 Å². The van der Waals surface area contributed by atoms with Gasteiger partial charge >= 0.3 is 0 Å². The van der Waals surface area contributed by atoms with Gasteiger partial charge in [-0.1, -0.05) is 15.9 Å². The van der Waals surface area contributed by atoms with Crippen LogP contribution < -0.4 is 14.7 Å². The number of halogens is 1. The van der Waals surface area contributed by atoms with Gasteiger partial charge in [0.25, 0.3) is 0 Å². The van der Waals surface area contributed by atoms with Crippen LogP contribution in [0.4, 0.5) is 17.5 Å². The minimum absolute atomic E-state index is 0.443. The van der Waals surface area contributed by atoms with Gasteiger partial charge in [-0.3, -0.25) is 0 Å². The maximum atomic E-state index is 9.18. The molecule has 7 heteroatoms. The van der Waals surface area contributed by atoms with Gasteiger partial charge in [0.2, 0.25) is 5.95 Å². The summed E-state index contributed by atoms with van der Waals surface area (Å²) in [6, 6.07) is 10.5. The van der Waals surface area contributed by atoms with Gasteiger partial charge in [0.05, 0.1) is 11.6 Å². The molecule has 1 aromatic heterocycles. The normalized spacial score (nSPS) is 14.8. The number of hydrogen-bond acceptors (Lipinski definition) is 6. The summed E-state index contributed by atoms with van der Waals surface area (Å²) < 4.78 is 0.947. The van der Waals surface area contributed by atoms with Crippen molar-refractivity contribution < 1.29 is 0 Å². The molecule has 1 aromatic carbocycles. The first-order valence-corrected chi connectivity index (χ1v) is 9.46. The van der Waals surface area contributed by atoms with Crippen LogP contribution in [0.15, 0.2) is 34.9 Å². The summed E-state index contributed by atoms with van der Waals surface area (Å²) in [5, 5.41) is 9.18. The van der Waals surface area contributed by atoms with Gasteiger partial charge in [-0.05, 0) is 37.1 Å². The molecular formula is C19H23BrN6. The molecule has 0 amide bonds. The van der Waals surface area contributed by atoms with E-state index in [1.807, 2.05) is 43.4 Å². The van der Waals surface area contributed by atoms with Gasteiger partial charge in [0.1, 0.15) is 5.82 Å². The maximum absolute atomic E-state index is 9.18. The second kappa shape index (κ2) is 7.92. The molecule has 2 aromatic rings. The van der Waals surface area contributed by atoms with Gasteiger partial charge in [-0.15, -0.1) is 0 Å². The van der Waals surface area contributed by atoms with Crippen molar-refractivity contribution in [1.29, 1.82) is 5.26 Å². The molecule has 1 aliphatic heterocycles. The van der Waals surface area contributed by atoms with E-state index in [9.17, 15) is 5.26 Å². The Labute approximate surface area is 163 Å². The Balaban J connectivity index is 1.68. The van der Waals surface area contributed by atoms with Crippen LogP contribution in [0.25, 0.3) is 0 Å². The largest absolute Gasteiger partial charge is 0.371 e. The predicted molar refractivity (Wildman–Crippen MR) is 109 cm³/mol. The van der Waals surface area contributed by atoms with Crippen LogP contribution in [0, 0.1) is 11.3 Å². The predicted octanol–water partition coefficient (Wildman–Crippen LogP) is 3.28. The second-order valence-electron chi connectivity index (χ2n) is 6.75. The fraction of sp³-hybridized carbons (Fsp3) is 0.421. The smallest absolute Gasteiger partial charge is 0.226 e. The average Bonchev–Trinajstić information content (AvgIpc) is 2.67. The van der Waals surface area contributed by atoms with Gasteiger partial charge in [0, 0.05) is 56.6 Å². The van der Waals surface area contributed by atoms with Crippen molar-refractivity contribution in [1.82, 2.24) is 9.97 Å². The number of benzene rings is 1. The minimum atomic E-state index is 0.443. The zero-order chi connectivity index (χ0) is 18.7. The highest BCUT2D eigenvalue weighted by atomic mass is 79.9. The van der Waals surface area contributed by atoms with Crippen molar-refractivity contribution in [2.45, 2.75) is 18.9 Å². The Kier molecular flexibility index (Phi) is 5.62. The van der Waals surface area contributed by atoms with Crippen LogP contribution in [0.2, 0.25) is 0 Å². The van der Waals surface area contributed by atoms with E-state index in [0.29, 0.717) is 11.6 Å². The minimum Gasteiger partial charge on any atom is -0.371 e. The summed E-state index contributed by atoms with van der Waals surface area (Å²) in [7, 11) is 6.01. The first-order valence-electron chi connectivity index (χ1n) is 8.67. The summed E-state index contributed by atoms with van der Waals surface area (Å²) in [6.07, 6.45) is 3.91. The molecule has 0 saturated carbocycles. The molecule has 0 N–H and O–H groups in total. The Bertz CT molecular complexity index is 808. The quantitative estimate of drug-likeness (QED) is 0.764. The molecule has 1 fully saturated rings. The van der Waals surface area contributed by atoms with Crippen molar-refractivity contribution in [3.05, 3.63) is 40.5 Å². The molecule has 0 unspecified atom stereocenters. The molecule has 26 heavy (non-hydrogen) atoms. The number of nitriles is 1. The molecule has 136 valence electrons. The number of piperidine rings is 1.